The zero-order valence-corrected chi connectivity index (χ0v) is 23.3. The number of unbranched alkanes of at least 4 members (excludes halogenated alkanes) is 4. The zero-order chi connectivity index (χ0) is 24.5. The molecule has 3 atom stereocenters. The molecule has 0 radical (unpaired) electrons. The second-order valence-electron chi connectivity index (χ2n) is 11.8. The summed E-state index contributed by atoms with van der Waals surface area (Å²) in [5, 5.41) is 0. The van der Waals surface area contributed by atoms with E-state index in [2.05, 4.69) is 89.4 Å². The quantitative estimate of drug-likeness (QED) is 0.107. The number of esters is 1. The molecule has 0 spiro atoms. The number of ether oxygens (including phenoxy) is 1. The van der Waals surface area contributed by atoms with Crippen LogP contribution in [0.25, 0.3) is 0 Å². The molecule has 1 aliphatic rings. The first kappa shape index (κ1) is 27.6. The van der Waals surface area contributed by atoms with Crippen molar-refractivity contribution in [2.45, 2.75) is 110 Å². The first-order valence-corrected chi connectivity index (χ1v) is 16.8. The molecule has 1 saturated carbocycles. The van der Waals surface area contributed by atoms with Crippen LogP contribution in [0.2, 0.25) is 19.6 Å². The van der Waals surface area contributed by atoms with Crippen molar-refractivity contribution >= 4 is 14.0 Å². The fourth-order valence-corrected chi connectivity index (χ4v) is 6.26. The van der Waals surface area contributed by atoms with Crippen molar-refractivity contribution in [2.75, 3.05) is 0 Å². The van der Waals surface area contributed by atoms with Crippen LogP contribution in [0.1, 0.15) is 84.6 Å². The number of allylic oxidation sites excluding steroid dienone is 1. The molecular weight excluding hydrogens is 420 g/mol. The van der Waals surface area contributed by atoms with Crippen molar-refractivity contribution in [1.82, 2.24) is 0 Å². The largest absolute Gasteiger partial charge is 0.458 e. The van der Waals surface area contributed by atoms with Crippen molar-refractivity contribution in [3.63, 3.8) is 0 Å². The summed E-state index contributed by atoms with van der Waals surface area (Å²) in [7, 11) is -1.56. The van der Waals surface area contributed by atoms with Gasteiger partial charge in [-0.2, -0.15) is 0 Å². The van der Waals surface area contributed by atoms with Crippen LogP contribution >= 0.6 is 0 Å². The van der Waals surface area contributed by atoms with E-state index in [-0.39, 0.29) is 17.5 Å². The van der Waals surface area contributed by atoms with Gasteiger partial charge in [0.25, 0.3) is 0 Å². The summed E-state index contributed by atoms with van der Waals surface area (Å²) in [4.78, 5) is 13.5. The lowest BCUT2D eigenvalue weighted by atomic mass is 9.64. The molecule has 1 aromatic carbocycles. The molecular formula is C30H48O2Si. The van der Waals surface area contributed by atoms with Gasteiger partial charge in [0.2, 0.25) is 0 Å². The Kier molecular flexibility index (Phi) is 10.7. The average Bonchev–Trinajstić information content (AvgIpc) is 2.75. The molecule has 0 heterocycles. The molecule has 1 aromatic rings. The van der Waals surface area contributed by atoms with Crippen LogP contribution in [0.5, 0.6) is 0 Å². The van der Waals surface area contributed by atoms with E-state index in [1.807, 2.05) is 6.08 Å². The van der Waals surface area contributed by atoms with Gasteiger partial charge in [0, 0.05) is 5.92 Å². The Morgan fingerprint density at radius 1 is 1.09 bits per heavy atom. The predicted molar refractivity (Wildman–Crippen MR) is 145 cm³/mol. The molecule has 3 heteroatoms. The normalized spacial score (nSPS) is 22.5. The second kappa shape index (κ2) is 12.7. The molecule has 0 N–H and O–H groups in total. The molecule has 33 heavy (non-hydrogen) atoms. The zero-order valence-electron chi connectivity index (χ0n) is 22.3. The predicted octanol–water partition coefficient (Wildman–Crippen LogP) is 8.64. The fraction of sp³-hybridized carbons (Fsp3) is 0.633. The molecule has 0 aromatic heterocycles. The maximum Gasteiger partial charge on any atom is 0.337 e. The maximum absolute atomic E-state index is 13.5. The van der Waals surface area contributed by atoms with E-state index < -0.39 is 8.07 Å². The third-order valence-corrected chi connectivity index (χ3v) is 8.28. The number of carbonyl (C=O) groups excluding carboxylic acids is 1. The summed E-state index contributed by atoms with van der Waals surface area (Å²) in [5.74, 6) is 0.783. The van der Waals surface area contributed by atoms with Gasteiger partial charge in [-0.15, -0.1) is 0 Å². The lowest BCUT2D eigenvalue weighted by Crippen LogP contribution is -2.43. The summed E-state index contributed by atoms with van der Waals surface area (Å²) in [5.41, 5.74) is 4.26. The summed E-state index contributed by atoms with van der Waals surface area (Å²) in [6, 6.07) is 10.7. The third-order valence-electron chi connectivity index (χ3n) is 7.10. The van der Waals surface area contributed by atoms with Gasteiger partial charge >= 0.3 is 5.97 Å². The monoisotopic (exact) mass is 468 g/mol. The smallest absolute Gasteiger partial charge is 0.337 e. The lowest BCUT2D eigenvalue weighted by molar-refractivity contribution is -0.151. The molecule has 2 nitrogen and oxygen atoms in total. The van der Waals surface area contributed by atoms with Crippen molar-refractivity contribution in [2.24, 2.45) is 11.8 Å². The summed E-state index contributed by atoms with van der Waals surface area (Å²) < 4.78 is 6.35. The number of hydrogen-bond acceptors (Lipinski definition) is 2. The molecule has 2 rings (SSSR count). The van der Waals surface area contributed by atoms with Crippen molar-refractivity contribution < 1.29 is 9.53 Å². The SMILES string of the molecule is CCCCCC/C=C/C(=C/[Si](C)(C)C)C(=O)O[C@@H]1C[C@H](C)CC[C@H]1C(C)(C)c1ccccc1. The lowest BCUT2D eigenvalue weighted by Gasteiger charge is -2.44. The van der Waals surface area contributed by atoms with Gasteiger partial charge in [-0.25, -0.2) is 4.79 Å². The Morgan fingerprint density at radius 3 is 2.42 bits per heavy atom. The van der Waals surface area contributed by atoms with Crippen molar-refractivity contribution in [3.05, 3.63) is 59.3 Å². The van der Waals surface area contributed by atoms with E-state index in [1.165, 1.54) is 37.7 Å². The number of benzene rings is 1. The Labute approximate surface area is 204 Å². The van der Waals surface area contributed by atoms with E-state index in [4.69, 9.17) is 4.74 Å². The first-order chi connectivity index (χ1) is 15.5. The molecule has 184 valence electrons. The molecule has 0 bridgehead atoms. The molecule has 0 amide bonds. The highest BCUT2D eigenvalue weighted by atomic mass is 28.3. The van der Waals surface area contributed by atoms with Gasteiger partial charge in [0.1, 0.15) is 6.10 Å². The van der Waals surface area contributed by atoms with Gasteiger partial charge in [-0.1, -0.05) is 121 Å². The standard InChI is InChI=1S/C30H48O2Si/c1-8-9-10-11-12-14-17-25(23-33(5,6)7)29(31)32-28-22-24(2)20-21-27(28)30(3,4)26-18-15-13-16-19-26/h13-19,23-24,27-28H,8-12,20-22H2,1-7H3/b17-14+,25-23-/t24-,27-,28-/m1/s1. The Hall–Kier alpha value is -1.61. The Morgan fingerprint density at radius 2 is 1.79 bits per heavy atom. The van der Waals surface area contributed by atoms with Crippen LogP contribution in [0, 0.1) is 11.8 Å². The van der Waals surface area contributed by atoms with Crippen LogP contribution < -0.4 is 0 Å². The highest BCUT2D eigenvalue weighted by molar-refractivity contribution is 6.81. The van der Waals surface area contributed by atoms with Crippen molar-refractivity contribution in [3.8, 4) is 0 Å². The van der Waals surface area contributed by atoms with E-state index in [0.29, 0.717) is 11.8 Å². The third kappa shape index (κ3) is 8.92. The molecule has 0 aliphatic heterocycles. The Bertz CT molecular complexity index is 785. The highest BCUT2D eigenvalue weighted by Gasteiger charge is 2.42. The molecule has 0 unspecified atom stereocenters. The molecule has 1 fully saturated rings. The van der Waals surface area contributed by atoms with Crippen LogP contribution in [-0.4, -0.2) is 20.1 Å². The van der Waals surface area contributed by atoms with Crippen LogP contribution in [0.4, 0.5) is 0 Å². The van der Waals surface area contributed by atoms with Crippen molar-refractivity contribution in [1.29, 1.82) is 0 Å². The molecule has 1 aliphatic carbocycles. The van der Waals surface area contributed by atoms with Gasteiger partial charge in [0.05, 0.1) is 13.6 Å². The summed E-state index contributed by atoms with van der Waals surface area (Å²) in [6.07, 6.45) is 13.4. The number of carbonyl (C=O) groups is 1. The minimum absolute atomic E-state index is 0.0376. The van der Waals surface area contributed by atoms with E-state index in [1.54, 1.807) is 0 Å². The minimum Gasteiger partial charge on any atom is -0.458 e. The van der Waals surface area contributed by atoms with Gasteiger partial charge in [-0.05, 0) is 42.6 Å². The highest BCUT2D eigenvalue weighted by Crippen LogP contribution is 2.43. The van der Waals surface area contributed by atoms with Gasteiger partial charge < -0.3 is 4.74 Å². The topological polar surface area (TPSA) is 26.3 Å². The fourth-order valence-electron chi connectivity index (χ4n) is 5.11. The number of hydrogen-bond donors (Lipinski definition) is 0. The first-order valence-electron chi connectivity index (χ1n) is 13.2. The van der Waals surface area contributed by atoms with Gasteiger partial charge in [-0.3, -0.25) is 0 Å². The number of rotatable bonds is 11. The van der Waals surface area contributed by atoms with Crippen LogP contribution in [-0.2, 0) is 14.9 Å². The van der Waals surface area contributed by atoms with Crippen LogP contribution in [0.3, 0.4) is 0 Å². The maximum atomic E-state index is 13.5. The Balaban J connectivity index is 2.20. The minimum atomic E-state index is -1.56. The average molecular weight is 469 g/mol. The van der Waals surface area contributed by atoms with Gasteiger partial charge in [0.15, 0.2) is 0 Å². The van der Waals surface area contributed by atoms with E-state index in [0.717, 1.165) is 24.8 Å². The van der Waals surface area contributed by atoms with E-state index >= 15 is 0 Å². The summed E-state index contributed by atoms with van der Waals surface area (Å²) >= 11 is 0. The van der Waals surface area contributed by atoms with Crippen LogP contribution in [0.15, 0.2) is 53.8 Å². The second-order valence-corrected chi connectivity index (χ2v) is 16.8. The van der Waals surface area contributed by atoms with E-state index in [9.17, 15) is 4.79 Å². The summed E-state index contributed by atoms with van der Waals surface area (Å²) in [6.45, 7) is 16.0. The molecule has 0 saturated heterocycles.